The molecule has 0 aromatic rings. The van der Waals surface area contributed by atoms with Crippen LogP contribution in [0.4, 0.5) is 0 Å². The van der Waals surface area contributed by atoms with Crippen molar-refractivity contribution in [2.24, 2.45) is 45.5 Å². The van der Waals surface area contributed by atoms with Gasteiger partial charge in [-0.05, 0) is 60.1 Å². The molecule has 4 aliphatic rings. The van der Waals surface area contributed by atoms with Crippen molar-refractivity contribution in [2.45, 2.75) is 53.4 Å². The van der Waals surface area contributed by atoms with Gasteiger partial charge in [0.2, 0.25) is 0 Å². The maximum absolute atomic E-state index is 13.5. The highest BCUT2D eigenvalue weighted by Crippen LogP contribution is 2.66. The number of fused-ring (bicyclic) bond motifs is 5. The first-order valence-corrected chi connectivity index (χ1v) is 10.2. The Balaban J connectivity index is 1.90. The quantitative estimate of drug-likeness (QED) is 0.398. The van der Waals surface area contributed by atoms with Gasteiger partial charge in [-0.1, -0.05) is 32.0 Å². The number of carbonyl (C=O) groups excluding carboxylic acids is 3. The first-order chi connectivity index (χ1) is 13.1. The van der Waals surface area contributed by atoms with Gasteiger partial charge < -0.3 is 0 Å². The normalized spacial score (nSPS) is 44.5. The number of Topliss-reactive ketones (excluding diaryl/α,β-unsaturated/α-hetero) is 2. The Bertz CT molecular complexity index is 897. The molecule has 0 spiro atoms. The van der Waals surface area contributed by atoms with Gasteiger partial charge in [-0.25, -0.2) is 0 Å². The number of allylic oxidation sites excluding steroid dienone is 3. The maximum atomic E-state index is 13.5. The van der Waals surface area contributed by atoms with Crippen molar-refractivity contribution in [3.8, 4) is 0 Å². The van der Waals surface area contributed by atoms with E-state index in [0.29, 0.717) is 30.5 Å². The number of ketones is 3. The van der Waals surface area contributed by atoms with Gasteiger partial charge in [0.1, 0.15) is 11.6 Å². The number of rotatable bonds is 2. The van der Waals surface area contributed by atoms with E-state index < -0.39 is 5.41 Å². The minimum absolute atomic E-state index is 0.0178. The van der Waals surface area contributed by atoms with Crippen molar-refractivity contribution in [3.05, 3.63) is 33.9 Å². The molecule has 7 atom stereocenters. The molecule has 2 fully saturated rings. The predicted molar refractivity (Wildman–Crippen MR) is 104 cm³/mol. The van der Waals surface area contributed by atoms with Crippen LogP contribution >= 0.6 is 0 Å². The predicted octanol–water partition coefficient (Wildman–Crippen LogP) is 4.56. The SMILES string of the molecule is CC(=O)[C@H]1[C@@H](C)C[C@H]2[C@@H]3C=C(N=[N+]=[N-])C4=CC(=O)CC[C@]4(C)[C@H]3C(=O)C[C@@]21C. The van der Waals surface area contributed by atoms with Gasteiger partial charge in [0.15, 0.2) is 5.78 Å². The van der Waals surface area contributed by atoms with Crippen LogP contribution in [0.2, 0.25) is 0 Å². The van der Waals surface area contributed by atoms with Crippen LogP contribution in [0.5, 0.6) is 0 Å². The molecule has 28 heavy (non-hydrogen) atoms. The molecule has 0 aromatic carbocycles. The van der Waals surface area contributed by atoms with Gasteiger partial charge in [0, 0.05) is 40.7 Å². The highest BCUT2D eigenvalue weighted by molar-refractivity contribution is 5.94. The van der Waals surface area contributed by atoms with E-state index in [9.17, 15) is 14.4 Å². The van der Waals surface area contributed by atoms with Crippen LogP contribution in [-0.2, 0) is 14.4 Å². The number of hydrogen-bond acceptors (Lipinski definition) is 4. The highest BCUT2D eigenvalue weighted by atomic mass is 16.1. The van der Waals surface area contributed by atoms with Crippen LogP contribution in [0.1, 0.15) is 53.4 Å². The molecule has 148 valence electrons. The van der Waals surface area contributed by atoms with E-state index in [0.717, 1.165) is 6.42 Å². The molecular weight excluding hydrogens is 354 g/mol. The van der Waals surface area contributed by atoms with Crippen LogP contribution in [0, 0.1) is 40.4 Å². The molecule has 0 saturated heterocycles. The molecule has 4 rings (SSSR count). The molecule has 0 heterocycles. The van der Waals surface area contributed by atoms with Crippen LogP contribution in [0.15, 0.2) is 28.5 Å². The fourth-order valence-corrected chi connectivity index (χ4v) is 7.33. The minimum atomic E-state index is -0.493. The summed E-state index contributed by atoms with van der Waals surface area (Å²) < 4.78 is 0. The van der Waals surface area contributed by atoms with Crippen molar-refractivity contribution < 1.29 is 14.4 Å². The van der Waals surface area contributed by atoms with E-state index in [2.05, 4.69) is 23.9 Å². The molecule has 0 N–H and O–H groups in total. The average Bonchev–Trinajstić information content (AvgIpc) is 2.86. The molecule has 0 unspecified atom stereocenters. The number of carbonyl (C=O) groups is 3. The van der Waals surface area contributed by atoms with Crippen molar-refractivity contribution in [3.63, 3.8) is 0 Å². The van der Waals surface area contributed by atoms with Crippen molar-refractivity contribution in [1.29, 1.82) is 0 Å². The standard InChI is InChI=1S/C22H27N3O3/c1-11-7-15-14-9-17(24-25-23)16-8-13(27)5-6-21(16,3)20(14)18(28)10-22(15,4)19(11)12(2)26/h8-9,11,14-15,19-20H,5-7,10H2,1-4H3/t11-,14-,15-,19+,20+,21-,22-/m0/s1. The third-order valence-corrected chi connectivity index (χ3v) is 8.22. The first kappa shape index (κ1) is 19.1. The first-order valence-electron chi connectivity index (χ1n) is 10.2. The highest BCUT2D eigenvalue weighted by Gasteiger charge is 2.64. The van der Waals surface area contributed by atoms with Crippen LogP contribution in [0.3, 0.4) is 0 Å². The Morgan fingerprint density at radius 3 is 2.68 bits per heavy atom. The zero-order valence-electron chi connectivity index (χ0n) is 16.9. The fraction of sp³-hybridized carbons (Fsp3) is 0.682. The minimum Gasteiger partial charge on any atom is -0.300 e. The van der Waals surface area contributed by atoms with Crippen molar-refractivity contribution >= 4 is 17.3 Å². The summed E-state index contributed by atoms with van der Waals surface area (Å²) in [6, 6.07) is 0. The van der Waals surface area contributed by atoms with Gasteiger partial charge in [0.25, 0.3) is 0 Å². The summed E-state index contributed by atoms with van der Waals surface area (Å²) in [5.74, 6) is 0.388. The average molecular weight is 381 g/mol. The third kappa shape index (κ3) is 2.40. The Morgan fingerprint density at radius 1 is 1.32 bits per heavy atom. The second kappa shape index (κ2) is 6.15. The molecule has 2 saturated carbocycles. The topological polar surface area (TPSA) is 100.0 Å². The van der Waals surface area contributed by atoms with Gasteiger partial charge in [-0.2, -0.15) is 0 Å². The van der Waals surface area contributed by atoms with Gasteiger partial charge in [-0.3, -0.25) is 14.4 Å². The van der Waals surface area contributed by atoms with E-state index in [4.69, 9.17) is 5.53 Å². The zero-order valence-corrected chi connectivity index (χ0v) is 16.9. The van der Waals surface area contributed by atoms with Crippen LogP contribution in [-0.4, -0.2) is 17.3 Å². The van der Waals surface area contributed by atoms with Gasteiger partial charge in [-0.15, -0.1) is 0 Å². The largest absolute Gasteiger partial charge is 0.300 e. The summed E-state index contributed by atoms with van der Waals surface area (Å²) in [4.78, 5) is 41.0. The Hall–Kier alpha value is -2.20. The summed E-state index contributed by atoms with van der Waals surface area (Å²) >= 11 is 0. The second-order valence-corrected chi connectivity index (χ2v) is 9.79. The molecule has 6 nitrogen and oxygen atoms in total. The monoisotopic (exact) mass is 381 g/mol. The van der Waals surface area contributed by atoms with E-state index >= 15 is 0 Å². The molecule has 0 radical (unpaired) electrons. The smallest absolute Gasteiger partial charge is 0.156 e. The Labute approximate surface area is 165 Å². The van der Waals surface area contributed by atoms with E-state index in [-0.39, 0.29) is 52.4 Å². The lowest BCUT2D eigenvalue weighted by Crippen LogP contribution is -2.54. The number of nitrogens with zero attached hydrogens (tertiary/aromatic N) is 3. The van der Waals surface area contributed by atoms with Gasteiger partial charge >= 0.3 is 0 Å². The maximum Gasteiger partial charge on any atom is 0.156 e. The molecule has 0 aromatic heterocycles. The molecule has 4 aliphatic carbocycles. The summed E-state index contributed by atoms with van der Waals surface area (Å²) in [7, 11) is 0. The Morgan fingerprint density at radius 2 is 2.04 bits per heavy atom. The van der Waals surface area contributed by atoms with Crippen LogP contribution in [0.25, 0.3) is 10.4 Å². The van der Waals surface area contributed by atoms with E-state index in [1.165, 1.54) is 0 Å². The summed E-state index contributed by atoms with van der Waals surface area (Å²) in [6.45, 7) is 7.90. The number of hydrogen-bond donors (Lipinski definition) is 0. The molecule has 0 amide bonds. The van der Waals surface area contributed by atoms with Crippen LogP contribution < -0.4 is 0 Å². The van der Waals surface area contributed by atoms with Crippen molar-refractivity contribution in [2.75, 3.05) is 0 Å². The molecule has 0 bridgehead atoms. The number of azide groups is 1. The lowest BCUT2D eigenvalue weighted by atomic mass is 9.47. The molecule has 0 aliphatic heterocycles. The second-order valence-electron chi connectivity index (χ2n) is 9.79. The van der Waals surface area contributed by atoms with Crippen molar-refractivity contribution in [1.82, 2.24) is 0 Å². The Kier molecular flexibility index (Phi) is 4.20. The van der Waals surface area contributed by atoms with Gasteiger partial charge in [0.05, 0.1) is 0 Å². The van der Waals surface area contributed by atoms with E-state index in [1.807, 2.05) is 13.0 Å². The lowest BCUT2D eigenvalue weighted by molar-refractivity contribution is -0.143. The lowest BCUT2D eigenvalue weighted by Gasteiger charge is -2.55. The molecule has 6 heteroatoms. The zero-order chi connectivity index (χ0) is 20.4. The summed E-state index contributed by atoms with van der Waals surface area (Å²) in [5, 5.41) is 3.92. The fourth-order valence-electron chi connectivity index (χ4n) is 7.33. The third-order valence-electron chi connectivity index (χ3n) is 8.22. The summed E-state index contributed by atoms with van der Waals surface area (Å²) in [5.41, 5.74) is 9.46. The molecular formula is C22H27N3O3. The van der Waals surface area contributed by atoms with E-state index in [1.54, 1.807) is 13.0 Å². The summed E-state index contributed by atoms with van der Waals surface area (Å²) in [6.07, 6.45) is 5.83.